The Morgan fingerprint density at radius 1 is 1.39 bits per heavy atom. The van der Waals surface area contributed by atoms with Crippen LogP contribution in [0.4, 0.5) is 4.39 Å². The van der Waals surface area contributed by atoms with Crippen molar-refractivity contribution < 1.29 is 13.9 Å². The second-order valence-corrected chi connectivity index (χ2v) is 5.50. The van der Waals surface area contributed by atoms with E-state index >= 15 is 0 Å². The lowest BCUT2D eigenvalue weighted by atomic mass is 10.2. The summed E-state index contributed by atoms with van der Waals surface area (Å²) in [7, 11) is 1.87. The van der Waals surface area contributed by atoms with Crippen molar-refractivity contribution in [2.24, 2.45) is 0 Å². The lowest BCUT2D eigenvalue weighted by molar-refractivity contribution is -0.132. The molecule has 1 aromatic rings. The van der Waals surface area contributed by atoms with Gasteiger partial charge in [-0.1, -0.05) is 6.07 Å². The van der Waals surface area contributed by atoms with Crippen LogP contribution in [0.1, 0.15) is 12.5 Å². The molecule has 0 aliphatic carbocycles. The van der Waals surface area contributed by atoms with E-state index in [9.17, 15) is 9.18 Å². The maximum Gasteiger partial charge on any atom is 0.236 e. The molecule has 1 saturated heterocycles. The third-order valence-electron chi connectivity index (χ3n) is 3.62. The number of halogens is 2. The second kappa shape index (κ2) is 9.70. The summed E-state index contributed by atoms with van der Waals surface area (Å²) in [5.41, 5.74) is 0.830. The number of rotatable bonds is 6. The number of amides is 1. The van der Waals surface area contributed by atoms with E-state index in [0.717, 1.165) is 31.7 Å². The first-order valence-electron chi connectivity index (χ1n) is 7.68. The fourth-order valence-electron chi connectivity index (χ4n) is 2.53. The maximum atomic E-state index is 13.8. The molecular formula is C16H25ClFN3O2. The predicted molar refractivity (Wildman–Crippen MR) is 90.6 cm³/mol. The van der Waals surface area contributed by atoms with Gasteiger partial charge in [-0.15, -0.1) is 12.4 Å². The summed E-state index contributed by atoms with van der Waals surface area (Å²) in [4.78, 5) is 15.9. The van der Waals surface area contributed by atoms with Gasteiger partial charge in [-0.3, -0.25) is 9.69 Å². The average molecular weight is 346 g/mol. The van der Waals surface area contributed by atoms with Crippen LogP contribution in [0.3, 0.4) is 0 Å². The summed E-state index contributed by atoms with van der Waals surface area (Å²) in [5, 5.41) is 3.22. The van der Waals surface area contributed by atoms with Crippen molar-refractivity contribution in [2.45, 2.75) is 13.5 Å². The summed E-state index contributed by atoms with van der Waals surface area (Å²) >= 11 is 0. The fourth-order valence-corrected chi connectivity index (χ4v) is 2.53. The Labute approximate surface area is 143 Å². The molecule has 0 saturated carbocycles. The number of carbonyl (C=O) groups is 1. The van der Waals surface area contributed by atoms with E-state index in [1.165, 1.54) is 6.07 Å². The molecule has 0 spiro atoms. The molecule has 1 N–H and O–H groups in total. The van der Waals surface area contributed by atoms with E-state index in [1.54, 1.807) is 6.07 Å². The number of benzene rings is 1. The van der Waals surface area contributed by atoms with Gasteiger partial charge in [0.2, 0.25) is 5.91 Å². The number of nitrogens with one attached hydrogen (secondary N) is 1. The van der Waals surface area contributed by atoms with Gasteiger partial charge in [-0.05, 0) is 31.7 Å². The van der Waals surface area contributed by atoms with Gasteiger partial charge in [0.25, 0.3) is 0 Å². The molecule has 130 valence electrons. The number of piperazine rings is 1. The summed E-state index contributed by atoms with van der Waals surface area (Å²) in [5.74, 6) is 0.0300. The van der Waals surface area contributed by atoms with Crippen LogP contribution in [0.15, 0.2) is 18.2 Å². The van der Waals surface area contributed by atoms with Crippen molar-refractivity contribution in [1.29, 1.82) is 0 Å². The van der Waals surface area contributed by atoms with E-state index in [4.69, 9.17) is 4.74 Å². The number of hydrogen-bond donors (Lipinski definition) is 1. The molecule has 1 heterocycles. The van der Waals surface area contributed by atoms with Crippen molar-refractivity contribution in [3.05, 3.63) is 29.6 Å². The molecule has 1 fully saturated rings. The number of likely N-dealkylation sites (N-methyl/N-ethyl adjacent to an activating group) is 1. The summed E-state index contributed by atoms with van der Waals surface area (Å²) in [6, 6.07) is 4.94. The highest BCUT2D eigenvalue weighted by Crippen LogP contribution is 2.19. The topological polar surface area (TPSA) is 44.8 Å². The van der Waals surface area contributed by atoms with Crippen molar-refractivity contribution in [1.82, 2.24) is 15.1 Å². The van der Waals surface area contributed by atoms with Gasteiger partial charge in [0.1, 0.15) is 0 Å². The SMILES string of the molecule is CCOc1ccc(CN(C)CC(=O)N2CCNCC2)cc1F.Cl. The van der Waals surface area contributed by atoms with Gasteiger partial charge < -0.3 is 15.0 Å². The van der Waals surface area contributed by atoms with Crippen LogP contribution >= 0.6 is 12.4 Å². The van der Waals surface area contributed by atoms with E-state index in [1.807, 2.05) is 29.8 Å². The summed E-state index contributed by atoms with van der Waals surface area (Å²) in [6.07, 6.45) is 0. The smallest absolute Gasteiger partial charge is 0.236 e. The Morgan fingerprint density at radius 3 is 2.70 bits per heavy atom. The molecule has 1 aromatic carbocycles. The molecule has 1 aliphatic heterocycles. The van der Waals surface area contributed by atoms with Crippen molar-refractivity contribution in [2.75, 3.05) is 46.4 Å². The Morgan fingerprint density at radius 2 is 2.09 bits per heavy atom. The standard InChI is InChI=1S/C16H24FN3O2.ClH/c1-3-22-15-5-4-13(10-14(15)17)11-19(2)12-16(21)20-8-6-18-7-9-20;/h4-5,10,18H,3,6-9,11-12H2,1-2H3;1H. The number of carbonyl (C=O) groups excluding carboxylic acids is 1. The number of ether oxygens (including phenoxy) is 1. The molecule has 0 bridgehead atoms. The quantitative estimate of drug-likeness (QED) is 0.849. The lowest BCUT2D eigenvalue weighted by Gasteiger charge is -2.29. The van der Waals surface area contributed by atoms with Crippen molar-refractivity contribution >= 4 is 18.3 Å². The van der Waals surface area contributed by atoms with Gasteiger partial charge in [-0.25, -0.2) is 4.39 Å². The first-order chi connectivity index (χ1) is 10.6. The first kappa shape index (κ1) is 19.7. The first-order valence-corrected chi connectivity index (χ1v) is 7.68. The normalized spacial score (nSPS) is 14.5. The monoisotopic (exact) mass is 345 g/mol. The molecular weight excluding hydrogens is 321 g/mol. The van der Waals surface area contributed by atoms with E-state index < -0.39 is 0 Å². The van der Waals surface area contributed by atoms with E-state index in [0.29, 0.717) is 19.7 Å². The molecule has 1 amide bonds. The Kier molecular flexibility index (Phi) is 8.30. The number of nitrogens with zero attached hydrogens (tertiary/aromatic N) is 2. The Hall–Kier alpha value is -1.37. The Balaban J connectivity index is 0.00000264. The molecule has 23 heavy (non-hydrogen) atoms. The van der Waals surface area contributed by atoms with Crippen molar-refractivity contribution in [3.8, 4) is 5.75 Å². The molecule has 2 rings (SSSR count). The van der Waals surface area contributed by atoms with E-state index in [-0.39, 0.29) is 29.9 Å². The van der Waals surface area contributed by atoms with Crippen LogP contribution in [0, 0.1) is 5.82 Å². The molecule has 0 radical (unpaired) electrons. The van der Waals surface area contributed by atoms with Crippen LogP contribution in [0.2, 0.25) is 0 Å². The third-order valence-corrected chi connectivity index (χ3v) is 3.62. The van der Waals surface area contributed by atoms with Gasteiger partial charge in [0, 0.05) is 32.7 Å². The highest BCUT2D eigenvalue weighted by Gasteiger charge is 2.17. The van der Waals surface area contributed by atoms with Crippen LogP contribution in [0.25, 0.3) is 0 Å². The average Bonchev–Trinajstić information content (AvgIpc) is 2.51. The minimum absolute atomic E-state index is 0. The van der Waals surface area contributed by atoms with Crippen molar-refractivity contribution in [3.63, 3.8) is 0 Å². The fraction of sp³-hybridized carbons (Fsp3) is 0.562. The van der Waals surface area contributed by atoms with Gasteiger partial charge >= 0.3 is 0 Å². The lowest BCUT2D eigenvalue weighted by Crippen LogP contribution is -2.49. The molecule has 0 unspecified atom stereocenters. The summed E-state index contributed by atoms with van der Waals surface area (Å²) < 4.78 is 19.0. The van der Waals surface area contributed by atoms with Gasteiger partial charge in [-0.2, -0.15) is 0 Å². The van der Waals surface area contributed by atoms with Gasteiger partial charge in [0.05, 0.1) is 13.2 Å². The van der Waals surface area contributed by atoms with Crippen LogP contribution in [0.5, 0.6) is 5.75 Å². The van der Waals surface area contributed by atoms with Crippen LogP contribution in [-0.4, -0.2) is 62.1 Å². The molecule has 5 nitrogen and oxygen atoms in total. The molecule has 0 atom stereocenters. The second-order valence-electron chi connectivity index (χ2n) is 5.50. The molecule has 1 aliphatic rings. The third kappa shape index (κ3) is 5.97. The predicted octanol–water partition coefficient (Wildman–Crippen LogP) is 1.51. The van der Waals surface area contributed by atoms with Gasteiger partial charge in [0.15, 0.2) is 11.6 Å². The van der Waals surface area contributed by atoms with Crippen LogP contribution in [-0.2, 0) is 11.3 Å². The zero-order valence-electron chi connectivity index (χ0n) is 13.7. The minimum atomic E-state index is -0.360. The zero-order chi connectivity index (χ0) is 15.9. The Bertz CT molecular complexity index is 510. The highest BCUT2D eigenvalue weighted by molar-refractivity contribution is 5.85. The zero-order valence-corrected chi connectivity index (χ0v) is 14.5. The highest BCUT2D eigenvalue weighted by atomic mass is 35.5. The molecule has 7 heteroatoms. The maximum absolute atomic E-state index is 13.8. The van der Waals surface area contributed by atoms with Crippen LogP contribution < -0.4 is 10.1 Å². The molecule has 0 aromatic heterocycles. The summed E-state index contributed by atoms with van der Waals surface area (Å²) in [6.45, 7) is 6.34. The largest absolute Gasteiger partial charge is 0.491 e. The minimum Gasteiger partial charge on any atom is -0.491 e. The van der Waals surface area contributed by atoms with E-state index in [2.05, 4.69) is 5.32 Å². The number of hydrogen-bond acceptors (Lipinski definition) is 4.